The van der Waals surface area contributed by atoms with Gasteiger partial charge in [-0.05, 0) is 54.5 Å². The maximum atomic E-state index is 12.5. The van der Waals surface area contributed by atoms with Crippen LogP contribution in [-0.4, -0.2) is 17.8 Å². The van der Waals surface area contributed by atoms with Crippen LogP contribution in [0.2, 0.25) is 0 Å². The molecule has 1 aliphatic carbocycles. The number of carbonyl (C=O) groups is 1. The van der Waals surface area contributed by atoms with Gasteiger partial charge in [-0.25, -0.2) is 0 Å². The molecule has 1 unspecified atom stereocenters. The van der Waals surface area contributed by atoms with E-state index in [1.165, 1.54) is 10.4 Å². The molecular weight excluding hydrogens is 334 g/mol. The van der Waals surface area contributed by atoms with E-state index in [-0.39, 0.29) is 17.2 Å². The highest BCUT2D eigenvalue weighted by molar-refractivity contribution is 9.09. The SMILES string of the molecule is CCC(CC)(CBr)CNC(=O)C1CCCc2sccc21. The molecule has 0 bridgehead atoms. The summed E-state index contributed by atoms with van der Waals surface area (Å²) in [6, 6.07) is 2.14. The Labute approximate surface area is 134 Å². The van der Waals surface area contributed by atoms with Gasteiger partial charge >= 0.3 is 0 Å². The van der Waals surface area contributed by atoms with Crippen LogP contribution in [0.25, 0.3) is 0 Å². The van der Waals surface area contributed by atoms with Crippen molar-refractivity contribution < 1.29 is 4.79 Å². The van der Waals surface area contributed by atoms with Gasteiger partial charge in [0.15, 0.2) is 0 Å². The second kappa shape index (κ2) is 7.08. The molecule has 0 saturated heterocycles. The molecule has 1 aromatic heterocycles. The Morgan fingerprint density at radius 3 is 2.90 bits per heavy atom. The van der Waals surface area contributed by atoms with E-state index in [9.17, 15) is 4.79 Å². The average Bonchev–Trinajstić information content (AvgIpc) is 2.97. The lowest BCUT2D eigenvalue weighted by molar-refractivity contribution is -0.123. The number of nitrogens with one attached hydrogen (secondary N) is 1. The Kier molecular flexibility index (Phi) is 5.67. The van der Waals surface area contributed by atoms with E-state index in [0.29, 0.717) is 0 Å². The zero-order valence-electron chi connectivity index (χ0n) is 12.4. The van der Waals surface area contributed by atoms with Crippen LogP contribution in [0.5, 0.6) is 0 Å². The molecule has 4 heteroatoms. The van der Waals surface area contributed by atoms with Gasteiger partial charge in [0, 0.05) is 16.8 Å². The summed E-state index contributed by atoms with van der Waals surface area (Å²) < 4.78 is 0. The normalized spacial score (nSPS) is 18.6. The topological polar surface area (TPSA) is 29.1 Å². The van der Waals surface area contributed by atoms with Crippen molar-refractivity contribution in [2.24, 2.45) is 5.41 Å². The molecular formula is C16H24BrNOS. The number of halogens is 1. The van der Waals surface area contributed by atoms with Gasteiger partial charge in [-0.2, -0.15) is 0 Å². The van der Waals surface area contributed by atoms with Crippen molar-refractivity contribution in [2.75, 3.05) is 11.9 Å². The molecule has 0 aliphatic heterocycles. The maximum absolute atomic E-state index is 12.5. The Morgan fingerprint density at radius 1 is 1.50 bits per heavy atom. The van der Waals surface area contributed by atoms with Crippen molar-refractivity contribution in [3.8, 4) is 0 Å². The minimum absolute atomic E-state index is 0.0757. The summed E-state index contributed by atoms with van der Waals surface area (Å²) in [5.74, 6) is 0.295. The van der Waals surface area contributed by atoms with Gasteiger partial charge < -0.3 is 5.32 Å². The Hall–Kier alpha value is -0.350. The second-order valence-electron chi connectivity index (χ2n) is 5.80. The fourth-order valence-corrected chi connectivity index (χ4v) is 4.87. The molecule has 0 fully saturated rings. The van der Waals surface area contributed by atoms with Crippen molar-refractivity contribution in [3.05, 3.63) is 21.9 Å². The predicted octanol–water partition coefficient (Wildman–Crippen LogP) is 4.49. The van der Waals surface area contributed by atoms with E-state index < -0.39 is 0 Å². The number of alkyl halides is 1. The second-order valence-corrected chi connectivity index (χ2v) is 7.36. The summed E-state index contributed by atoms with van der Waals surface area (Å²) in [4.78, 5) is 13.9. The first-order valence-corrected chi connectivity index (χ1v) is 9.56. The van der Waals surface area contributed by atoms with Crippen molar-refractivity contribution in [3.63, 3.8) is 0 Å². The molecule has 0 aromatic carbocycles. The van der Waals surface area contributed by atoms with E-state index >= 15 is 0 Å². The molecule has 112 valence electrons. The highest BCUT2D eigenvalue weighted by Gasteiger charge is 2.30. The monoisotopic (exact) mass is 357 g/mol. The third kappa shape index (κ3) is 3.28. The predicted molar refractivity (Wildman–Crippen MR) is 89.8 cm³/mol. The minimum atomic E-state index is 0.0757. The number of rotatable bonds is 6. The standard InChI is InChI=1S/C16H24BrNOS/c1-3-16(4-2,10-17)11-18-15(19)13-6-5-7-14-12(13)8-9-20-14/h8-9,13H,3-7,10-11H2,1-2H3,(H,18,19). The number of hydrogen-bond acceptors (Lipinski definition) is 2. The molecule has 1 aromatic rings. The zero-order chi connectivity index (χ0) is 14.6. The Balaban J connectivity index is 2.00. The summed E-state index contributed by atoms with van der Waals surface area (Å²) in [7, 11) is 0. The maximum Gasteiger partial charge on any atom is 0.227 e. The first-order chi connectivity index (χ1) is 9.65. The molecule has 0 saturated carbocycles. The number of thiophene rings is 1. The van der Waals surface area contributed by atoms with E-state index in [0.717, 1.165) is 44.0 Å². The van der Waals surface area contributed by atoms with Gasteiger partial charge in [0.05, 0.1) is 5.92 Å². The first-order valence-electron chi connectivity index (χ1n) is 7.55. The molecule has 2 nitrogen and oxygen atoms in total. The van der Waals surface area contributed by atoms with Crippen molar-refractivity contribution in [2.45, 2.75) is 51.9 Å². The molecule has 0 radical (unpaired) electrons. The van der Waals surface area contributed by atoms with E-state index in [1.54, 1.807) is 11.3 Å². The van der Waals surface area contributed by atoms with Crippen LogP contribution >= 0.6 is 27.3 Å². The lowest BCUT2D eigenvalue weighted by Crippen LogP contribution is -2.40. The summed E-state index contributed by atoms with van der Waals surface area (Å²) in [6.45, 7) is 5.18. The van der Waals surface area contributed by atoms with Gasteiger partial charge in [0.1, 0.15) is 0 Å². The molecule has 2 rings (SSSR count). The summed E-state index contributed by atoms with van der Waals surface area (Å²) >= 11 is 5.41. The zero-order valence-corrected chi connectivity index (χ0v) is 14.8. The Bertz CT molecular complexity index is 445. The van der Waals surface area contributed by atoms with Gasteiger partial charge in [-0.1, -0.05) is 29.8 Å². The molecule has 1 atom stereocenters. The molecule has 1 heterocycles. The third-order valence-corrected chi connectivity index (χ3v) is 6.98. The Morgan fingerprint density at radius 2 is 2.25 bits per heavy atom. The largest absolute Gasteiger partial charge is 0.355 e. The summed E-state index contributed by atoms with van der Waals surface area (Å²) in [6.07, 6.45) is 5.45. The highest BCUT2D eigenvalue weighted by Crippen LogP contribution is 2.35. The van der Waals surface area contributed by atoms with Crippen LogP contribution in [0.4, 0.5) is 0 Å². The number of aryl methyl sites for hydroxylation is 1. The van der Waals surface area contributed by atoms with Crippen molar-refractivity contribution in [1.82, 2.24) is 5.32 Å². The van der Waals surface area contributed by atoms with E-state index in [4.69, 9.17) is 0 Å². The van der Waals surface area contributed by atoms with Crippen LogP contribution in [-0.2, 0) is 11.2 Å². The van der Waals surface area contributed by atoms with Crippen molar-refractivity contribution in [1.29, 1.82) is 0 Å². The lowest BCUT2D eigenvalue weighted by atomic mass is 9.83. The third-order valence-electron chi connectivity index (χ3n) is 4.79. The minimum Gasteiger partial charge on any atom is -0.355 e. The van der Waals surface area contributed by atoms with Gasteiger partial charge in [-0.15, -0.1) is 11.3 Å². The number of fused-ring (bicyclic) bond motifs is 1. The number of hydrogen-bond donors (Lipinski definition) is 1. The van der Waals surface area contributed by atoms with Crippen LogP contribution in [0, 0.1) is 5.41 Å². The first kappa shape index (κ1) is 16.0. The number of amides is 1. The fourth-order valence-electron chi connectivity index (χ4n) is 2.89. The van der Waals surface area contributed by atoms with Crippen LogP contribution < -0.4 is 5.32 Å². The molecule has 1 amide bonds. The lowest BCUT2D eigenvalue weighted by Gasteiger charge is -2.31. The fraction of sp³-hybridized carbons (Fsp3) is 0.688. The molecule has 1 N–H and O–H groups in total. The van der Waals surface area contributed by atoms with Crippen LogP contribution in [0.1, 0.15) is 55.9 Å². The van der Waals surface area contributed by atoms with Crippen LogP contribution in [0.3, 0.4) is 0 Å². The van der Waals surface area contributed by atoms with E-state index in [1.807, 2.05) is 0 Å². The summed E-state index contributed by atoms with van der Waals surface area (Å²) in [5, 5.41) is 6.28. The van der Waals surface area contributed by atoms with Crippen molar-refractivity contribution >= 4 is 33.2 Å². The van der Waals surface area contributed by atoms with Gasteiger partial charge in [0.2, 0.25) is 5.91 Å². The quantitative estimate of drug-likeness (QED) is 0.746. The smallest absolute Gasteiger partial charge is 0.227 e. The molecule has 1 aliphatic rings. The highest BCUT2D eigenvalue weighted by atomic mass is 79.9. The van der Waals surface area contributed by atoms with Crippen LogP contribution in [0.15, 0.2) is 11.4 Å². The number of carbonyl (C=O) groups excluding carboxylic acids is 1. The molecule has 0 spiro atoms. The van der Waals surface area contributed by atoms with E-state index in [2.05, 4.69) is 46.5 Å². The molecule has 20 heavy (non-hydrogen) atoms. The summed E-state index contributed by atoms with van der Waals surface area (Å²) in [5.41, 5.74) is 1.47. The van der Waals surface area contributed by atoms with Gasteiger partial charge in [0.25, 0.3) is 0 Å². The van der Waals surface area contributed by atoms with Gasteiger partial charge in [-0.3, -0.25) is 4.79 Å². The average molecular weight is 358 g/mol.